The Bertz CT molecular complexity index is 1770. The van der Waals surface area contributed by atoms with Crippen LogP contribution < -0.4 is 14.8 Å². The van der Waals surface area contributed by atoms with Gasteiger partial charge in [-0.15, -0.1) is 13.2 Å². The Morgan fingerprint density at radius 3 is 2.77 bits per heavy atom. The molecule has 1 atom stereocenters. The standard InChI is InChI=1S/C26H23F3N6O3S/c27-26(28,29)38-19-4-1-5-20(11-19)39(36,37)34-17-10-21-22(14-32-25(21)31-12-17)16-6-7-23-24(9-16)35(15-33-23)18-3-2-8-30-13-18/h1,4-7,9-12,14-15,18,30,34H,2-3,8,13H2,(H,31,32). The minimum absolute atomic E-state index is 0.157. The van der Waals surface area contributed by atoms with Gasteiger partial charge in [0.2, 0.25) is 0 Å². The molecule has 202 valence electrons. The summed E-state index contributed by atoms with van der Waals surface area (Å²) >= 11 is 0. The fourth-order valence-corrected chi connectivity index (χ4v) is 5.97. The van der Waals surface area contributed by atoms with Crippen molar-refractivity contribution >= 4 is 37.8 Å². The number of nitrogens with one attached hydrogen (secondary N) is 3. The molecule has 5 aromatic rings. The van der Waals surface area contributed by atoms with Crippen molar-refractivity contribution < 1.29 is 26.3 Å². The molecule has 1 unspecified atom stereocenters. The van der Waals surface area contributed by atoms with Gasteiger partial charge in [-0.05, 0) is 55.3 Å². The highest BCUT2D eigenvalue weighted by Gasteiger charge is 2.31. The van der Waals surface area contributed by atoms with Crippen molar-refractivity contribution in [3.63, 3.8) is 0 Å². The zero-order valence-corrected chi connectivity index (χ0v) is 21.2. The van der Waals surface area contributed by atoms with E-state index in [2.05, 4.69) is 40.4 Å². The smallest absolute Gasteiger partial charge is 0.406 e. The average Bonchev–Trinajstić information content (AvgIpc) is 3.52. The van der Waals surface area contributed by atoms with Crippen LogP contribution in [0.2, 0.25) is 0 Å². The first-order valence-corrected chi connectivity index (χ1v) is 13.7. The molecule has 13 heteroatoms. The number of anilines is 1. The predicted molar refractivity (Wildman–Crippen MR) is 140 cm³/mol. The second kappa shape index (κ2) is 9.58. The number of sulfonamides is 1. The molecule has 0 saturated carbocycles. The molecule has 6 rings (SSSR count). The van der Waals surface area contributed by atoms with E-state index < -0.39 is 22.1 Å². The number of aromatic nitrogens is 4. The van der Waals surface area contributed by atoms with Gasteiger partial charge in [-0.2, -0.15) is 0 Å². The number of nitrogens with zero attached hydrogens (tertiary/aromatic N) is 3. The van der Waals surface area contributed by atoms with Gasteiger partial charge in [-0.25, -0.2) is 18.4 Å². The van der Waals surface area contributed by atoms with Gasteiger partial charge < -0.3 is 19.6 Å². The number of fused-ring (bicyclic) bond motifs is 2. The van der Waals surface area contributed by atoms with E-state index in [1.165, 1.54) is 18.3 Å². The predicted octanol–water partition coefficient (Wildman–Crippen LogP) is 5.20. The number of H-pyrrole nitrogens is 1. The van der Waals surface area contributed by atoms with E-state index >= 15 is 0 Å². The van der Waals surface area contributed by atoms with Crippen LogP contribution in [0.4, 0.5) is 18.9 Å². The van der Waals surface area contributed by atoms with E-state index in [1.54, 1.807) is 12.3 Å². The maximum atomic E-state index is 13.0. The lowest BCUT2D eigenvalue weighted by Gasteiger charge is -2.24. The zero-order valence-electron chi connectivity index (χ0n) is 20.4. The van der Waals surface area contributed by atoms with Crippen LogP contribution in [0, 0.1) is 0 Å². The minimum Gasteiger partial charge on any atom is -0.406 e. The fraction of sp³-hybridized carbons (Fsp3) is 0.231. The first-order valence-electron chi connectivity index (χ1n) is 12.2. The van der Waals surface area contributed by atoms with Crippen LogP contribution >= 0.6 is 0 Å². The van der Waals surface area contributed by atoms with E-state index in [4.69, 9.17) is 0 Å². The van der Waals surface area contributed by atoms with Crippen LogP contribution in [0.15, 0.2) is 72.1 Å². The van der Waals surface area contributed by atoms with Crippen molar-refractivity contribution in [1.82, 2.24) is 24.8 Å². The van der Waals surface area contributed by atoms with Crippen molar-refractivity contribution in [3.8, 4) is 16.9 Å². The average molecular weight is 557 g/mol. The lowest BCUT2D eigenvalue weighted by Crippen LogP contribution is -2.31. The second-order valence-corrected chi connectivity index (χ2v) is 11.0. The normalized spacial score (nSPS) is 16.5. The first kappa shape index (κ1) is 25.2. The van der Waals surface area contributed by atoms with Gasteiger partial charge in [-0.3, -0.25) is 4.72 Å². The van der Waals surface area contributed by atoms with Gasteiger partial charge in [0.1, 0.15) is 11.4 Å². The molecule has 0 amide bonds. The highest BCUT2D eigenvalue weighted by atomic mass is 32.2. The number of rotatable bonds is 6. The summed E-state index contributed by atoms with van der Waals surface area (Å²) in [6.07, 6.45) is 2.22. The van der Waals surface area contributed by atoms with Crippen LogP contribution in [0.25, 0.3) is 33.2 Å². The summed E-state index contributed by atoms with van der Waals surface area (Å²) in [6, 6.07) is 12.1. The molecule has 3 N–H and O–H groups in total. The van der Waals surface area contributed by atoms with Gasteiger partial charge in [0.05, 0.1) is 34.1 Å². The van der Waals surface area contributed by atoms with Crippen molar-refractivity contribution in [2.45, 2.75) is 30.1 Å². The van der Waals surface area contributed by atoms with E-state index in [-0.39, 0.29) is 10.6 Å². The number of halogens is 3. The molecule has 1 saturated heterocycles. The molecule has 4 heterocycles. The summed E-state index contributed by atoms with van der Waals surface area (Å²) in [5.74, 6) is -0.634. The highest BCUT2D eigenvalue weighted by molar-refractivity contribution is 7.92. The van der Waals surface area contributed by atoms with E-state index in [0.717, 1.165) is 60.2 Å². The highest BCUT2D eigenvalue weighted by Crippen LogP contribution is 2.33. The molecule has 3 aromatic heterocycles. The summed E-state index contributed by atoms with van der Waals surface area (Å²) in [7, 11) is -4.23. The SMILES string of the molecule is O=S(=O)(Nc1cnc2[nH]cc(-c3ccc4ncn(C5CCCNC5)c4c3)c2c1)c1cccc(OC(F)(F)F)c1. The molecule has 39 heavy (non-hydrogen) atoms. The maximum Gasteiger partial charge on any atom is 0.573 e. The molecule has 0 spiro atoms. The van der Waals surface area contributed by atoms with Gasteiger partial charge in [0, 0.05) is 35.8 Å². The van der Waals surface area contributed by atoms with Crippen LogP contribution in [0.3, 0.4) is 0 Å². The third kappa shape index (κ3) is 5.14. The van der Waals surface area contributed by atoms with Gasteiger partial charge in [-0.1, -0.05) is 12.1 Å². The van der Waals surface area contributed by atoms with Crippen LogP contribution in [-0.4, -0.2) is 47.4 Å². The topological polar surface area (TPSA) is 114 Å². The van der Waals surface area contributed by atoms with Crippen LogP contribution in [-0.2, 0) is 10.0 Å². The van der Waals surface area contributed by atoms with E-state index in [1.807, 2.05) is 18.5 Å². The molecule has 2 aromatic carbocycles. The number of hydrogen-bond acceptors (Lipinski definition) is 6. The number of alkyl halides is 3. The summed E-state index contributed by atoms with van der Waals surface area (Å²) in [6.45, 7) is 1.89. The van der Waals surface area contributed by atoms with Gasteiger partial charge in [0.15, 0.2) is 0 Å². The van der Waals surface area contributed by atoms with Crippen LogP contribution in [0.5, 0.6) is 5.75 Å². The summed E-state index contributed by atoms with van der Waals surface area (Å²) in [5.41, 5.74) is 4.31. The maximum absolute atomic E-state index is 13.0. The number of benzene rings is 2. The van der Waals surface area contributed by atoms with E-state index in [9.17, 15) is 21.6 Å². The summed E-state index contributed by atoms with van der Waals surface area (Å²) < 4.78 is 72.1. The molecule has 0 radical (unpaired) electrons. The second-order valence-electron chi connectivity index (χ2n) is 9.31. The minimum atomic E-state index is -4.94. The third-order valence-corrected chi connectivity index (χ3v) is 8.06. The van der Waals surface area contributed by atoms with Crippen LogP contribution in [0.1, 0.15) is 18.9 Å². The number of piperidine rings is 1. The number of aromatic amines is 1. The zero-order chi connectivity index (χ0) is 27.2. The Balaban J connectivity index is 1.32. The van der Waals surface area contributed by atoms with E-state index in [0.29, 0.717) is 17.1 Å². The largest absolute Gasteiger partial charge is 0.573 e. The van der Waals surface area contributed by atoms with Crippen molar-refractivity contribution in [3.05, 3.63) is 67.3 Å². The molecule has 0 bridgehead atoms. The molecule has 1 aliphatic rings. The molecule has 1 aliphatic heterocycles. The lowest BCUT2D eigenvalue weighted by atomic mass is 10.0. The number of pyridine rings is 1. The van der Waals surface area contributed by atoms with Gasteiger partial charge in [0.25, 0.3) is 10.0 Å². The Morgan fingerprint density at radius 2 is 1.97 bits per heavy atom. The Labute approximate surface area is 221 Å². The van der Waals surface area contributed by atoms with Gasteiger partial charge >= 0.3 is 6.36 Å². The third-order valence-electron chi connectivity index (χ3n) is 6.68. The summed E-state index contributed by atoms with van der Waals surface area (Å²) in [4.78, 5) is 11.6. The Hall–Kier alpha value is -4.10. The van der Waals surface area contributed by atoms with Crippen molar-refractivity contribution in [1.29, 1.82) is 0 Å². The Kier molecular flexibility index (Phi) is 6.19. The fourth-order valence-electron chi connectivity index (χ4n) is 4.91. The lowest BCUT2D eigenvalue weighted by molar-refractivity contribution is -0.274. The van der Waals surface area contributed by atoms with Crippen molar-refractivity contribution in [2.75, 3.05) is 17.8 Å². The van der Waals surface area contributed by atoms with Crippen molar-refractivity contribution in [2.24, 2.45) is 0 Å². The Morgan fingerprint density at radius 1 is 1.10 bits per heavy atom. The first-order chi connectivity index (χ1) is 18.7. The monoisotopic (exact) mass is 556 g/mol. The number of ether oxygens (including phenoxy) is 1. The number of hydrogen-bond donors (Lipinski definition) is 3. The molecule has 0 aliphatic carbocycles. The summed E-state index contributed by atoms with van der Waals surface area (Å²) in [5, 5.41) is 4.10. The molecule has 1 fully saturated rings. The molecular weight excluding hydrogens is 533 g/mol. The molecular formula is C26H23F3N6O3S. The quantitative estimate of drug-likeness (QED) is 0.265. The number of imidazole rings is 1. The molecule has 9 nitrogen and oxygen atoms in total.